The van der Waals surface area contributed by atoms with Gasteiger partial charge in [-0.05, 0) is 29.8 Å². The van der Waals surface area contributed by atoms with Gasteiger partial charge < -0.3 is 9.47 Å². The SMILES string of the molecule is COc1cc(OC)cc(C(Cl)Cc2ccccn2)c1. The largest absolute Gasteiger partial charge is 0.497 e. The van der Waals surface area contributed by atoms with Crippen molar-refractivity contribution in [2.45, 2.75) is 11.8 Å². The first-order valence-electron chi connectivity index (χ1n) is 6.00. The first-order chi connectivity index (χ1) is 9.22. The van der Waals surface area contributed by atoms with Crippen molar-refractivity contribution in [3.8, 4) is 11.5 Å². The molecule has 2 rings (SSSR count). The molecule has 4 heteroatoms. The predicted octanol–water partition coefficient (Wildman–Crippen LogP) is 3.62. The van der Waals surface area contributed by atoms with E-state index in [2.05, 4.69) is 4.98 Å². The van der Waals surface area contributed by atoms with Crippen molar-refractivity contribution in [2.75, 3.05) is 14.2 Å². The first kappa shape index (κ1) is 13.7. The second-order valence-corrected chi connectivity index (χ2v) is 4.67. The third-order valence-electron chi connectivity index (χ3n) is 2.85. The van der Waals surface area contributed by atoms with E-state index in [-0.39, 0.29) is 5.38 Å². The Bertz CT molecular complexity index is 509. The van der Waals surface area contributed by atoms with Crippen molar-refractivity contribution in [1.82, 2.24) is 4.98 Å². The molecule has 0 aliphatic carbocycles. The van der Waals surface area contributed by atoms with Crippen LogP contribution >= 0.6 is 11.6 Å². The fourth-order valence-corrected chi connectivity index (χ4v) is 2.11. The lowest BCUT2D eigenvalue weighted by atomic mass is 10.1. The zero-order valence-corrected chi connectivity index (χ0v) is 11.7. The highest BCUT2D eigenvalue weighted by Crippen LogP contribution is 2.31. The Morgan fingerprint density at radius 1 is 1.11 bits per heavy atom. The van der Waals surface area contributed by atoms with Gasteiger partial charge in [0.15, 0.2) is 0 Å². The van der Waals surface area contributed by atoms with Gasteiger partial charge in [-0.25, -0.2) is 0 Å². The maximum atomic E-state index is 6.45. The highest BCUT2D eigenvalue weighted by Gasteiger charge is 2.12. The second-order valence-electron chi connectivity index (χ2n) is 4.14. The van der Waals surface area contributed by atoms with E-state index in [0.717, 1.165) is 22.8 Å². The third-order valence-corrected chi connectivity index (χ3v) is 3.26. The number of methoxy groups -OCH3 is 2. The normalized spacial score (nSPS) is 11.9. The summed E-state index contributed by atoms with van der Waals surface area (Å²) in [5.74, 6) is 1.47. The average Bonchev–Trinajstić information content (AvgIpc) is 2.47. The van der Waals surface area contributed by atoms with Crippen LogP contribution in [-0.2, 0) is 6.42 Å². The molecular formula is C15H16ClNO2. The molecule has 100 valence electrons. The van der Waals surface area contributed by atoms with Crippen molar-refractivity contribution in [3.05, 3.63) is 53.9 Å². The van der Waals surface area contributed by atoms with Gasteiger partial charge in [0.25, 0.3) is 0 Å². The zero-order chi connectivity index (χ0) is 13.7. The molecule has 0 fully saturated rings. The lowest BCUT2D eigenvalue weighted by Gasteiger charge is -2.13. The molecule has 0 aliphatic rings. The van der Waals surface area contributed by atoms with Gasteiger partial charge in [-0.1, -0.05) is 6.07 Å². The lowest BCUT2D eigenvalue weighted by Crippen LogP contribution is -1.99. The summed E-state index contributed by atoms with van der Waals surface area (Å²) in [5, 5.41) is -0.168. The van der Waals surface area contributed by atoms with Crippen molar-refractivity contribution in [1.29, 1.82) is 0 Å². The van der Waals surface area contributed by atoms with Crippen LogP contribution in [0, 0.1) is 0 Å². The number of hydrogen-bond acceptors (Lipinski definition) is 3. The third kappa shape index (κ3) is 3.61. The fourth-order valence-electron chi connectivity index (χ4n) is 1.83. The van der Waals surface area contributed by atoms with E-state index in [1.54, 1.807) is 20.4 Å². The molecule has 1 aromatic carbocycles. The summed E-state index contributed by atoms with van der Waals surface area (Å²) >= 11 is 6.45. The molecule has 19 heavy (non-hydrogen) atoms. The van der Waals surface area contributed by atoms with E-state index in [1.165, 1.54) is 0 Å². The Balaban J connectivity index is 2.20. The van der Waals surface area contributed by atoms with E-state index < -0.39 is 0 Å². The van der Waals surface area contributed by atoms with E-state index in [1.807, 2.05) is 36.4 Å². The van der Waals surface area contributed by atoms with Crippen LogP contribution in [0.1, 0.15) is 16.6 Å². The van der Waals surface area contributed by atoms with Crippen molar-refractivity contribution in [3.63, 3.8) is 0 Å². The van der Waals surface area contributed by atoms with Gasteiger partial charge in [-0.2, -0.15) is 0 Å². The van der Waals surface area contributed by atoms with Gasteiger partial charge in [0, 0.05) is 24.4 Å². The van der Waals surface area contributed by atoms with E-state index in [4.69, 9.17) is 21.1 Å². The van der Waals surface area contributed by atoms with Crippen LogP contribution in [0.15, 0.2) is 42.6 Å². The standard InChI is InChI=1S/C15H16ClNO2/c1-18-13-7-11(8-14(10-13)19-2)15(16)9-12-5-3-4-6-17-12/h3-8,10,15H,9H2,1-2H3. The monoisotopic (exact) mass is 277 g/mol. The Morgan fingerprint density at radius 3 is 2.32 bits per heavy atom. The van der Waals surface area contributed by atoms with E-state index in [9.17, 15) is 0 Å². The Morgan fingerprint density at radius 2 is 1.79 bits per heavy atom. The molecule has 0 saturated heterocycles. The highest BCUT2D eigenvalue weighted by atomic mass is 35.5. The maximum Gasteiger partial charge on any atom is 0.122 e. The summed E-state index contributed by atoms with van der Waals surface area (Å²) in [7, 11) is 3.25. The summed E-state index contributed by atoms with van der Waals surface area (Å²) in [6.07, 6.45) is 2.43. The number of pyridine rings is 1. The Hall–Kier alpha value is -1.74. The summed E-state index contributed by atoms with van der Waals surface area (Å²) < 4.78 is 10.5. The first-order valence-corrected chi connectivity index (χ1v) is 6.43. The average molecular weight is 278 g/mol. The number of hydrogen-bond donors (Lipinski definition) is 0. The zero-order valence-electron chi connectivity index (χ0n) is 11.0. The maximum absolute atomic E-state index is 6.45. The molecule has 1 aromatic heterocycles. The quantitative estimate of drug-likeness (QED) is 0.782. The van der Waals surface area contributed by atoms with Gasteiger partial charge in [0.05, 0.1) is 19.6 Å². The summed E-state index contributed by atoms with van der Waals surface area (Å²) in [5.41, 5.74) is 1.92. The molecule has 0 amide bonds. The minimum absolute atomic E-state index is 0.168. The van der Waals surface area contributed by atoms with Crippen LogP contribution in [0.5, 0.6) is 11.5 Å². The summed E-state index contributed by atoms with van der Waals surface area (Å²) in [6, 6.07) is 11.5. The fraction of sp³-hybridized carbons (Fsp3) is 0.267. The van der Waals surface area contributed by atoms with Gasteiger partial charge in [-0.15, -0.1) is 11.6 Å². The highest BCUT2D eigenvalue weighted by molar-refractivity contribution is 6.21. The smallest absolute Gasteiger partial charge is 0.122 e. The number of halogens is 1. The molecule has 2 aromatic rings. The Kier molecular flexibility index (Phi) is 4.63. The molecule has 3 nitrogen and oxygen atoms in total. The summed E-state index contributed by atoms with van der Waals surface area (Å²) in [6.45, 7) is 0. The van der Waals surface area contributed by atoms with E-state index >= 15 is 0 Å². The van der Waals surface area contributed by atoms with Crippen LogP contribution in [0.25, 0.3) is 0 Å². The number of aromatic nitrogens is 1. The summed E-state index contributed by atoms with van der Waals surface area (Å²) in [4.78, 5) is 4.28. The minimum Gasteiger partial charge on any atom is -0.497 e. The van der Waals surface area contributed by atoms with Crippen LogP contribution in [0.2, 0.25) is 0 Å². The van der Waals surface area contributed by atoms with Crippen LogP contribution in [-0.4, -0.2) is 19.2 Å². The number of benzene rings is 1. The van der Waals surface area contributed by atoms with Crippen molar-refractivity contribution >= 4 is 11.6 Å². The van der Waals surface area contributed by atoms with Gasteiger partial charge >= 0.3 is 0 Å². The van der Waals surface area contributed by atoms with Gasteiger partial charge in [-0.3, -0.25) is 4.98 Å². The van der Waals surface area contributed by atoms with Crippen molar-refractivity contribution in [2.24, 2.45) is 0 Å². The second kappa shape index (κ2) is 6.43. The molecule has 0 spiro atoms. The number of alkyl halides is 1. The number of ether oxygens (including phenoxy) is 2. The Labute approximate surface area is 118 Å². The van der Waals surface area contributed by atoms with Crippen LogP contribution in [0.3, 0.4) is 0 Å². The molecule has 0 saturated carbocycles. The molecule has 0 N–H and O–H groups in total. The van der Waals surface area contributed by atoms with Gasteiger partial charge in [0.2, 0.25) is 0 Å². The van der Waals surface area contributed by atoms with Crippen molar-refractivity contribution < 1.29 is 9.47 Å². The molecule has 1 heterocycles. The molecule has 0 radical (unpaired) electrons. The number of rotatable bonds is 5. The molecule has 0 bridgehead atoms. The molecule has 1 unspecified atom stereocenters. The van der Waals surface area contributed by atoms with Crippen LogP contribution < -0.4 is 9.47 Å². The van der Waals surface area contributed by atoms with Crippen LogP contribution in [0.4, 0.5) is 0 Å². The molecule has 0 aliphatic heterocycles. The van der Waals surface area contributed by atoms with Gasteiger partial charge in [0.1, 0.15) is 11.5 Å². The molecule has 1 atom stereocenters. The minimum atomic E-state index is -0.168. The topological polar surface area (TPSA) is 31.4 Å². The predicted molar refractivity (Wildman–Crippen MR) is 76.1 cm³/mol. The number of nitrogens with zero attached hydrogens (tertiary/aromatic N) is 1. The molecular weight excluding hydrogens is 262 g/mol. The lowest BCUT2D eigenvalue weighted by molar-refractivity contribution is 0.393. The van der Waals surface area contributed by atoms with E-state index in [0.29, 0.717) is 6.42 Å².